The van der Waals surface area contributed by atoms with Crippen LogP contribution in [0.15, 0.2) is 73.0 Å². The first-order chi connectivity index (χ1) is 29.8. The van der Waals surface area contributed by atoms with E-state index < -0.39 is 128 Å². The van der Waals surface area contributed by atoms with E-state index in [-0.39, 0.29) is 0 Å². The smallest absolute Gasteiger partial charge is 0.331 e. The Morgan fingerprint density at radius 2 is 1.31 bits per heavy atom. The molecular formula is C43H50O19. The van der Waals surface area contributed by atoms with Gasteiger partial charge in [-0.1, -0.05) is 24.3 Å². The predicted octanol–water partition coefficient (Wildman–Crippen LogP) is 0.378. The summed E-state index contributed by atoms with van der Waals surface area (Å²) in [5.41, 5.74) is -0.0196. The van der Waals surface area contributed by atoms with Gasteiger partial charge in [0.25, 0.3) is 0 Å². The molecule has 2 aromatic carbocycles. The summed E-state index contributed by atoms with van der Waals surface area (Å²) in [6.07, 6.45) is -9.60. The number of aliphatic hydroxyl groups excluding tert-OH is 5. The summed E-state index contributed by atoms with van der Waals surface area (Å²) in [4.78, 5) is 39.6. The van der Waals surface area contributed by atoms with E-state index in [1.165, 1.54) is 38.7 Å². The third kappa shape index (κ3) is 9.37. The summed E-state index contributed by atoms with van der Waals surface area (Å²) < 4.78 is 64.2. The van der Waals surface area contributed by atoms with Crippen LogP contribution in [0.2, 0.25) is 0 Å². The Morgan fingerprint density at radius 3 is 1.85 bits per heavy atom. The van der Waals surface area contributed by atoms with Crippen LogP contribution in [0.4, 0.5) is 0 Å². The second-order valence-electron chi connectivity index (χ2n) is 15.3. The number of benzene rings is 2. The minimum atomic E-state index is -1.75. The maximum absolute atomic E-state index is 13.5. The average molecular weight is 871 g/mol. The van der Waals surface area contributed by atoms with E-state index in [2.05, 4.69) is 0 Å². The summed E-state index contributed by atoms with van der Waals surface area (Å²) in [6.45, 7) is 1.46. The highest BCUT2D eigenvalue weighted by molar-refractivity contribution is 5.88. The van der Waals surface area contributed by atoms with Crippen molar-refractivity contribution in [3.05, 3.63) is 84.1 Å². The first kappa shape index (κ1) is 45.1. The Balaban J connectivity index is 1.14. The highest BCUT2D eigenvalue weighted by Gasteiger charge is 2.77. The summed E-state index contributed by atoms with van der Waals surface area (Å²) >= 11 is 0. The monoisotopic (exact) mass is 870 g/mol. The number of hydrogen-bond acceptors (Lipinski definition) is 19. The number of ether oxygens (including phenoxy) is 11. The molecule has 19 heteroatoms. The van der Waals surface area contributed by atoms with Crippen molar-refractivity contribution in [2.45, 2.75) is 99.4 Å². The standard InChI is InChI=1S/C43H50O19/c1-21-35(58-29(47)15-9-23-5-11-25(52-3)12-6-23)37(59-30(48)16-10-24-7-13-26(53-4)14-8-24)38(56-22(2)46)42(55-21)60-36-27-17-18-54-40(31(27)43(20-45)39(36)62-43)61-41-34(51)33(50)32(49)28(19-44)57-41/h5-18,21,27-28,31-42,44-45,49-51H,19-20H2,1-4H3/b15-9+,16-10+/t21-,27-,28+,31+,32-,33-,34+,35-,36-,37+,38+,39-,40-,41-,42-,43+/m0/s1. The van der Waals surface area contributed by atoms with Crippen LogP contribution in [0, 0.1) is 11.8 Å². The van der Waals surface area contributed by atoms with E-state index in [0.717, 1.165) is 13.0 Å². The Labute approximate surface area is 355 Å². The van der Waals surface area contributed by atoms with E-state index in [4.69, 9.17) is 52.1 Å². The fourth-order valence-corrected chi connectivity index (χ4v) is 8.27. The van der Waals surface area contributed by atoms with Gasteiger partial charge in [-0.3, -0.25) is 4.79 Å². The number of aliphatic hydroxyl groups is 5. The second kappa shape index (κ2) is 19.2. The van der Waals surface area contributed by atoms with Gasteiger partial charge in [-0.15, -0.1) is 0 Å². The molecule has 5 aliphatic rings. The zero-order valence-electron chi connectivity index (χ0n) is 34.1. The van der Waals surface area contributed by atoms with Gasteiger partial charge in [0.1, 0.15) is 47.6 Å². The van der Waals surface area contributed by atoms with Crippen LogP contribution >= 0.6 is 0 Å². The number of rotatable bonds is 15. The fraction of sp³-hybridized carbons (Fsp3) is 0.512. The minimum absolute atomic E-state index is 0.539. The molecule has 1 saturated carbocycles. The van der Waals surface area contributed by atoms with Crippen molar-refractivity contribution in [2.24, 2.45) is 11.8 Å². The van der Waals surface area contributed by atoms with Crippen molar-refractivity contribution in [2.75, 3.05) is 27.4 Å². The van der Waals surface area contributed by atoms with Gasteiger partial charge in [-0.25, -0.2) is 9.59 Å². The second-order valence-corrected chi connectivity index (χ2v) is 15.3. The average Bonchev–Trinajstić information content (AvgIpc) is 3.95. The number of epoxide rings is 1. The molecule has 0 radical (unpaired) electrons. The highest BCUT2D eigenvalue weighted by atomic mass is 16.8. The van der Waals surface area contributed by atoms with Crippen molar-refractivity contribution in [1.82, 2.24) is 0 Å². The van der Waals surface area contributed by atoms with Gasteiger partial charge in [0.2, 0.25) is 6.29 Å². The SMILES string of the molecule is COc1ccc(/C=C/C(=O)O[C@@H]2[C@@H](OC(=O)/C=C/c3ccc(OC)cc3)[C@H](C)O[C@@H](O[C@H]3[C@H]4C=CO[C@@H](O[C@@H]5O[C@H](CO)[C@H](O)[C@H](O)[C@H]5O)[C@@H]4[C@@]4(CO)O[C@@H]34)[C@@H]2OC(C)=O)cc1. The lowest BCUT2D eigenvalue weighted by Crippen LogP contribution is -2.62. The molecule has 336 valence electrons. The lowest BCUT2D eigenvalue weighted by atomic mass is 9.85. The van der Waals surface area contributed by atoms with Crippen molar-refractivity contribution < 1.29 is 92.0 Å². The van der Waals surface area contributed by atoms with Crippen molar-refractivity contribution in [1.29, 1.82) is 0 Å². The van der Waals surface area contributed by atoms with Crippen LogP contribution in [0.25, 0.3) is 12.2 Å². The zero-order chi connectivity index (χ0) is 44.3. The maximum atomic E-state index is 13.5. The van der Waals surface area contributed by atoms with Gasteiger partial charge < -0.3 is 77.6 Å². The Morgan fingerprint density at radius 1 is 0.710 bits per heavy atom. The van der Waals surface area contributed by atoms with Crippen LogP contribution in [0.5, 0.6) is 11.5 Å². The van der Waals surface area contributed by atoms with Gasteiger partial charge >= 0.3 is 17.9 Å². The molecule has 4 fully saturated rings. The molecule has 4 aliphatic heterocycles. The van der Waals surface area contributed by atoms with Gasteiger partial charge in [-0.2, -0.15) is 0 Å². The lowest BCUT2D eigenvalue weighted by Gasteiger charge is -2.45. The molecule has 4 heterocycles. The van der Waals surface area contributed by atoms with Crippen molar-refractivity contribution >= 4 is 30.1 Å². The largest absolute Gasteiger partial charge is 0.497 e. The van der Waals surface area contributed by atoms with Crippen LogP contribution < -0.4 is 9.47 Å². The zero-order valence-corrected chi connectivity index (χ0v) is 34.1. The first-order valence-electron chi connectivity index (χ1n) is 19.9. The molecule has 7 rings (SSSR count). The summed E-state index contributed by atoms with van der Waals surface area (Å²) in [6, 6.07) is 13.7. The third-order valence-electron chi connectivity index (χ3n) is 11.5. The summed E-state index contributed by atoms with van der Waals surface area (Å²) in [5.74, 6) is -2.78. The quantitative estimate of drug-likeness (QED) is 0.0702. The van der Waals surface area contributed by atoms with E-state index in [9.17, 15) is 39.9 Å². The summed E-state index contributed by atoms with van der Waals surface area (Å²) in [5, 5.41) is 51.7. The van der Waals surface area contributed by atoms with E-state index in [1.807, 2.05) is 0 Å². The lowest BCUT2D eigenvalue weighted by molar-refractivity contribution is -0.347. The van der Waals surface area contributed by atoms with E-state index >= 15 is 0 Å². The Bertz CT molecular complexity index is 1970. The maximum Gasteiger partial charge on any atom is 0.331 e. The van der Waals surface area contributed by atoms with Gasteiger partial charge in [0.15, 0.2) is 30.9 Å². The van der Waals surface area contributed by atoms with E-state index in [0.29, 0.717) is 22.6 Å². The molecule has 0 bridgehead atoms. The molecular weight excluding hydrogens is 820 g/mol. The third-order valence-corrected chi connectivity index (χ3v) is 11.5. The van der Waals surface area contributed by atoms with Crippen LogP contribution in [-0.4, -0.2) is 156 Å². The van der Waals surface area contributed by atoms with Gasteiger partial charge in [-0.05, 0) is 60.5 Å². The predicted molar refractivity (Wildman–Crippen MR) is 209 cm³/mol. The van der Waals surface area contributed by atoms with Crippen LogP contribution in [0.1, 0.15) is 25.0 Å². The van der Waals surface area contributed by atoms with Crippen LogP contribution in [0.3, 0.4) is 0 Å². The van der Waals surface area contributed by atoms with Gasteiger partial charge in [0, 0.05) is 25.0 Å². The molecule has 3 saturated heterocycles. The number of carbonyl (C=O) groups excluding carboxylic acids is 3. The molecule has 1 aliphatic carbocycles. The molecule has 19 nitrogen and oxygen atoms in total. The molecule has 0 spiro atoms. The molecule has 0 aromatic heterocycles. The number of carbonyl (C=O) groups is 3. The highest BCUT2D eigenvalue weighted by Crippen LogP contribution is 2.61. The first-order valence-corrected chi connectivity index (χ1v) is 19.9. The molecule has 5 N–H and O–H groups in total. The topological polar surface area (TPSA) is 257 Å². The van der Waals surface area contributed by atoms with Gasteiger partial charge in [0.05, 0.1) is 51.8 Å². The molecule has 0 amide bonds. The Hall–Kier alpha value is -4.93. The molecule has 2 aromatic rings. The van der Waals surface area contributed by atoms with Crippen LogP contribution in [-0.2, 0) is 57.0 Å². The Kier molecular flexibility index (Phi) is 14.0. The molecule has 0 unspecified atom stereocenters. The number of esters is 3. The molecule has 16 atom stereocenters. The number of hydrogen-bond donors (Lipinski definition) is 5. The number of methoxy groups -OCH3 is 2. The molecule has 62 heavy (non-hydrogen) atoms. The fourth-order valence-electron chi connectivity index (χ4n) is 8.27. The van der Waals surface area contributed by atoms with E-state index in [1.54, 1.807) is 61.5 Å². The number of fused-ring (bicyclic) bond motifs is 3. The van der Waals surface area contributed by atoms with Crippen molar-refractivity contribution in [3.8, 4) is 11.5 Å². The van der Waals surface area contributed by atoms with Crippen molar-refractivity contribution in [3.63, 3.8) is 0 Å². The normalized spacial score (nSPS) is 37.2. The summed E-state index contributed by atoms with van der Waals surface area (Å²) in [7, 11) is 3.05. The minimum Gasteiger partial charge on any atom is -0.497 e.